The predicted octanol–water partition coefficient (Wildman–Crippen LogP) is 4.31. The lowest BCUT2D eigenvalue weighted by Gasteiger charge is -2.22. The van der Waals surface area contributed by atoms with Crippen LogP contribution in [0.15, 0.2) is 60.7 Å². The van der Waals surface area contributed by atoms with Crippen LogP contribution in [0.25, 0.3) is 0 Å². The third-order valence-corrected chi connectivity index (χ3v) is 4.44. The molecule has 0 aliphatic heterocycles. The lowest BCUT2D eigenvalue weighted by Crippen LogP contribution is -2.27. The molecule has 2 nitrogen and oxygen atoms in total. The molecular formula is C21H27NO. The van der Waals surface area contributed by atoms with Gasteiger partial charge in [-0.05, 0) is 37.2 Å². The summed E-state index contributed by atoms with van der Waals surface area (Å²) >= 11 is 0. The zero-order valence-electron chi connectivity index (χ0n) is 14.2. The van der Waals surface area contributed by atoms with Crippen LogP contribution in [0.5, 0.6) is 0 Å². The van der Waals surface area contributed by atoms with Crippen molar-refractivity contribution in [1.82, 2.24) is 4.90 Å². The Balaban J connectivity index is 2.11. The Kier molecular flexibility index (Phi) is 7.02. The molecule has 0 aliphatic rings. The molecule has 122 valence electrons. The molecule has 1 unspecified atom stereocenters. The highest BCUT2D eigenvalue weighted by Gasteiger charge is 2.21. The van der Waals surface area contributed by atoms with Crippen molar-refractivity contribution in [2.45, 2.75) is 32.6 Å². The molecule has 0 saturated carbocycles. The maximum absolute atomic E-state index is 12.9. The van der Waals surface area contributed by atoms with E-state index in [0.29, 0.717) is 12.2 Å². The number of hydrogen-bond donors (Lipinski definition) is 0. The number of carbonyl (C=O) groups is 1. The fourth-order valence-corrected chi connectivity index (χ4v) is 2.97. The van der Waals surface area contributed by atoms with E-state index >= 15 is 0 Å². The average molecular weight is 309 g/mol. The molecule has 2 rings (SSSR count). The van der Waals surface area contributed by atoms with Gasteiger partial charge in [0.15, 0.2) is 0 Å². The van der Waals surface area contributed by atoms with Crippen LogP contribution < -0.4 is 0 Å². The number of Topliss-reactive ketones (excluding diaryl/α,β-unsaturated/α-hetero) is 1. The number of rotatable bonds is 9. The molecule has 0 saturated heterocycles. The van der Waals surface area contributed by atoms with Gasteiger partial charge >= 0.3 is 0 Å². The van der Waals surface area contributed by atoms with Crippen LogP contribution in [-0.4, -0.2) is 30.3 Å². The summed E-state index contributed by atoms with van der Waals surface area (Å²) < 4.78 is 0. The molecular weight excluding hydrogens is 282 g/mol. The Hall–Kier alpha value is -1.93. The van der Waals surface area contributed by atoms with Crippen molar-refractivity contribution in [3.05, 3.63) is 71.8 Å². The van der Waals surface area contributed by atoms with Crippen LogP contribution in [0.1, 0.15) is 37.3 Å². The Morgan fingerprint density at radius 3 is 2.04 bits per heavy atom. The molecule has 0 heterocycles. The summed E-state index contributed by atoms with van der Waals surface area (Å²) in [5.74, 6) is 0.298. The normalized spacial score (nSPS) is 12.3. The molecule has 0 aliphatic carbocycles. The second-order valence-corrected chi connectivity index (χ2v) is 5.91. The molecule has 0 bridgehead atoms. The first-order valence-corrected chi connectivity index (χ1v) is 8.58. The van der Waals surface area contributed by atoms with Crippen molar-refractivity contribution < 1.29 is 4.79 Å². The number of benzene rings is 2. The molecule has 0 amide bonds. The fraction of sp³-hybridized carbons (Fsp3) is 0.381. The molecule has 23 heavy (non-hydrogen) atoms. The van der Waals surface area contributed by atoms with Crippen LogP contribution in [0, 0.1) is 0 Å². The number of ketones is 1. The van der Waals surface area contributed by atoms with Crippen molar-refractivity contribution in [3.8, 4) is 0 Å². The first kappa shape index (κ1) is 17.4. The van der Waals surface area contributed by atoms with Gasteiger partial charge in [0, 0.05) is 12.3 Å². The van der Waals surface area contributed by atoms with E-state index in [0.717, 1.165) is 37.2 Å². The van der Waals surface area contributed by atoms with E-state index < -0.39 is 0 Å². The van der Waals surface area contributed by atoms with Crippen molar-refractivity contribution in [2.75, 3.05) is 19.6 Å². The minimum absolute atomic E-state index is 0.0167. The van der Waals surface area contributed by atoms with Gasteiger partial charge in [0.25, 0.3) is 0 Å². The number of hydrogen-bond acceptors (Lipinski definition) is 2. The summed E-state index contributed by atoms with van der Waals surface area (Å²) in [5, 5.41) is 0. The summed E-state index contributed by atoms with van der Waals surface area (Å²) in [6.07, 6.45) is 1.40. The first-order chi connectivity index (χ1) is 11.2. The molecule has 0 N–H and O–H groups in total. The largest absolute Gasteiger partial charge is 0.304 e. The highest BCUT2D eigenvalue weighted by atomic mass is 16.1. The first-order valence-electron chi connectivity index (χ1n) is 8.58. The molecule has 2 heteroatoms. The number of nitrogens with zero attached hydrogens (tertiary/aromatic N) is 1. The zero-order valence-corrected chi connectivity index (χ0v) is 14.2. The van der Waals surface area contributed by atoms with Crippen LogP contribution in [0.4, 0.5) is 0 Å². The second-order valence-electron chi connectivity index (χ2n) is 5.91. The predicted molar refractivity (Wildman–Crippen MR) is 96.7 cm³/mol. The van der Waals surface area contributed by atoms with Crippen molar-refractivity contribution in [2.24, 2.45) is 0 Å². The van der Waals surface area contributed by atoms with E-state index in [2.05, 4.69) is 30.9 Å². The van der Waals surface area contributed by atoms with Crippen LogP contribution >= 0.6 is 0 Å². The zero-order chi connectivity index (χ0) is 16.5. The third-order valence-electron chi connectivity index (χ3n) is 4.44. The smallest absolute Gasteiger partial charge is 0.144 e. The van der Waals surface area contributed by atoms with Gasteiger partial charge in [0.05, 0.1) is 0 Å². The maximum atomic E-state index is 12.9. The van der Waals surface area contributed by atoms with Crippen molar-refractivity contribution >= 4 is 5.78 Å². The van der Waals surface area contributed by atoms with Gasteiger partial charge in [-0.1, -0.05) is 74.5 Å². The molecule has 0 fully saturated rings. The van der Waals surface area contributed by atoms with E-state index in [-0.39, 0.29) is 5.92 Å². The number of carbonyl (C=O) groups excluding carboxylic acids is 1. The highest BCUT2D eigenvalue weighted by Crippen LogP contribution is 2.23. The van der Waals surface area contributed by atoms with Gasteiger partial charge in [-0.3, -0.25) is 4.79 Å². The lowest BCUT2D eigenvalue weighted by molar-refractivity contribution is -0.120. The van der Waals surface area contributed by atoms with Crippen LogP contribution in [0.2, 0.25) is 0 Å². The van der Waals surface area contributed by atoms with Gasteiger partial charge in [-0.25, -0.2) is 0 Å². The van der Waals surface area contributed by atoms with E-state index in [1.165, 1.54) is 0 Å². The minimum Gasteiger partial charge on any atom is -0.304 e. The van der Waals surface area contributed by atoms with E-state index in [4.69, 9.17) is 0 Å². The van der Waals surface area contributed by atoms with Gasteiger partial charge in [0.2, 0.25) is 0 Å². The van der Waals surface area contributed by atoms with E-state index in [9.17, 15) is 4.79 Å². The summed E-state index contributed by atoms with van der Waals surface area (Å²) in [6.45, 7) is 7.38. The third kappa shape index (κ3) is 5.33. The fourth-order valence-electron chi connectivity index (χ4n) is 2.97. The van der Waals surface area contributed by atoms with Gasteiger partial charge in [0.1, 0.15) is 5.78 Å². The maximum Gasteiger partial charge on any atom is 0.144 e. The molecule has 2 aromatic carbocycles. The standard InChI is InChI=1S/C21H27NO/c1-3-22(4-2)16-15-20(19-13-9-6-10-14-19)21(23)17-18-11-7-5-8-12-18/h5-14,20H,3-4,15-17H2,1-2H3. The molecule has 2 aromatic rings. The van der Waals surface area contributed by atoms with Gasteiger partial charge < -0.3 is 4.90 Å². The SMILES string of the molecule is CCN(CC)CCC(C(=O)Cc1ccccc1)c1ccccc1. The molecule has 0 spiro atoms. The van der Waals surface area contributed by atoms with E-state index in [1.54, 1.807) is 0 Å². The van der Waals surface area contributed by atoms with Gasteiger partial charge in [-0.15, -0.1) is 0 Å². The Morgan fingerprint density at radius 1 is 0.913 bits per heavy atom. The highest BCUT2D eigenvalue weighted by molar-refractivity contribution is 5.87. The van der Waals surface area contributed by atoms with Crippen LogP contribution in [0.3, 0.4) is 0 Å². The van der Waals surface area contributed by atoms with Crippen molar-refractivity contribution in [1.29, 1.82) is 0 Å². The topological polar surface area (TPSA) is 20.3 Å². The Bertz CT molecular complexity index is 575. The molecule has 1 atom stereocenters. The van der Waals surface area contributed by atoms with Crippen molar-refractivity contribution in [3.63, 3.8) is 0 Å². The van der Waals surface area contributed by atoms with Gasteiger partial charge in [-0.2, -0.15) is 0 Å². The minimum atomic E-state index is -0.0167. The summed E-state index contributed by atoms with van der Waals surface area (Å²) in [5.41, 5.74) is 2.24. The average Bonchev–Trinajstić information content (AvgIpc) is 2.60. The summed E-state index contributed by atoms with van der Waals surface area (Å²) in [4.78, 5) is 15.3. The summed E-state index contributed by atoms with van der Waals surface area (Å²) in [7, 11) is 0. The Labute approximate surface area is 140 Å². The van der Waals surface area contributed by atoms with Crippen LogP contribution in [-0.2, 0) is 11.2 Å². The summed E-state index contributed by atoms with van der Waals surface area (Å²) in [6, 6.07) is 20.3. The monoisotopic (exact) mass is 309 g/mol. The molecule has 0 radical (unpaired) electrons. The second kappa shape index (κ2) is 9.26. The quantitative estimate of drug-likeness (QED) is 0.688. The Morgan fingerprint density at radius 2 is 1.48 bits per heavy atom. The lowest BCUT2D eigenvalue weighted by atomic mass is 9.88. The van der Waals surface area contributed by atoms with E-state index in [1.807, 2.05) is 48.5 Å². The molecule has 0 aromatic heterocycles.